The SMILES string of the molecule is CCC(C)C(N)C(=O)Nc1ccc(C(=O)O)c(O)c1. The molecule has 0 heterocycles. The molecule has 19 heavy (non-hydrogen) atoms. The van der Waals surface area contributed by atoms with Gasteiger partial charge < -0.3 is 21.3 Å². The molecule has 0 radical (unpaired) electrons. The molecule has 0 aromatic heterocycles. The lowest BCUT2D eigenvalue weighted by atomic mass is 9.99. The number of carbonyl (C=O) groups is 2. The summed E-state index contributed by atoms with van der Waals surface area (Å²) in [4.78, 5) is 22.5. The highest BCUT2D eigenvalue weighted by molar-refractivity contribution is 5.96. The predicted octanol–water partition coefficient (Wildman–Crippen LogP) is 1.40. The number of anilines is 1. The van der Waals surface area contributed by atoms with Gasteiger partial charge in [-0.25, -0.2) is 4.79 Å². The molecule has 1 amide bonds. The number of aromatic hydroxyl groups is 1. The fraction of sp³-hybridized carbons (Fsp3) is 0.385. The summed E-state index contributed by atoms with van der Waals surface area (Å²) in [6.45, 7) is 3.81. The molecule has 0 saturated heterocycles. The summed E-state index contributed by atoms with van der Waals surface area (Å²) in [5, 5.41) is 20.8. The van der Waals surface area contributed by atoms with Gasteiger partial charge in [0.05, 0.1) is 6.04 Å². The van der Waals surface area contributed by atoms with E-state index in [0.717, 1.165) is 6.42 Å². The van der Waals surface area contributed by atoms with Gasteiger partial charge in [-0.1, -0.05) is 20.3 Å². The largest absolute Gasteiger partial charge is 0.507 e. The van der Waals surface area contributed by atoms with Gasteiger partial charge in [0.15, 0.2) is 0 Å². The van der Waals surface area contributed by atoms with Gasteiger partial charge in [0.1, 0.15) is 11.3 Å². The molecule has 104 valence electrons. The van der Waals surface area contributed by atoms with Crippen molar-refractivity contribution in [2.75, 3.05) is 5.32 Å². The summed E-state index contributed by atoms with van der Waals surface area (Å²) in [7, 11) is 0. The lowest BCUT2D eigenvalue weighted by Crippen LogP contribution is -2.40. The fourth-order valence-corrected chi connectivity index (χ4v) is 1.53. The number of amides is 1. The highest BCUT2D eigenvalue weighted by atomic mass is 16.4. The first kappa shape index (κ1) is 15.0. The minimum atomic E-state index is -1.23. The van der Waals surface area contributed by atoms with Crippen LogP contribution in [0.15, 0.2) is 18.2 Å². The first-order valence-electron chi connectivity index (χ1n) is 5.99. The minimum Gasteiger partial charge on any atom is -0.507 e. The van der Waals surface area contributed by atoms with Crippen molar-refractivity contribution in [3.63, 3.8) is 0 Å². The first-order chi connectivity index (χ1) is 8.86. The van der Waals surface area contributed by atoms with Gasteiger partial charge in [0, 0.05) is 11.8 Å². The molecule has 0 fully saturated rings. The predicted molar refractivity (Wildman–Crippen MR) is 71.1 cm³/mol. The van der Waals surface area contributed by atoms with E-state index in [0.29, 0.717) is 5.69 Å². The number of rotatable bonds is 5. The number of carboxylic acid groups (broad SMARTS) is 1. The number of aromatic carboxylic acids is 1. The van der Waals surface area contributed by atoms with E-state index in [2.05, 4.69) is 5.32 Å². The van der Waals surface area contributed by atoms with Crippen LogP contribution in [-0.2, 0) is 4.79 Å². The van der Waals surface area contributed by atoms with Crippen LogP contribution >= 0.6 is 0 Å². The summed E-state index contributed by atoms with van der Waals surface area (Å²) in [6, 6.07) is 3.17. The zero-order valence-corrected chi connectivity index (χ0v) is 10.9. The molecule has 2 unspecified atom stereocenters. The maximum atomic E-state index is 11.8. The number of carbonyl (C=O) groups excluding carboxylic acids is 1. The molecule has 2 atom stereocenters. The van der Waals surface area contributed by atoms with Crippen molar-refractivity contribution >= 4 is 17.6 Å². The molecule has 0 spiro atoms. The second-order valence-electron chi connectivity index (χ2n) is 4.44. The van der Waals surface area contributed by atoms with E-state index in [1.54, 1.807) is 0 Å². The van der Waals surface area contributed by atoms with Crippen molar-refractivity contribution in [1.29, 1.82) is 0 Å². The van der Waals surface area contributed by atoms with Gasteiger partial charge in [0.2, 0.25) is 5.91 Å². The summed E-state index contributed by atoms with van der Waals surface area (Å²) < 4.78 is 0. The summed E-state index contributed by atoms with van der Waals surface area (Å²) in [5.41, 5.74) is 5.86. The van der Waals surface area contributed by atoms with Gasteiger partial charge in [-0.15, -0.1) is 0 Å². The van der Waals surface area contributed by atoms with Gasteiger partial charge >= 0.3 is 5.97 Å². The molecule has 0 aliphatic carbocycles. The van der Waals surface area contributed by atoms with Crippen molar-refractivity contribution in [3.8, 4) is 5.75 Å². The Hall–Kier alpha value is -2.08. The van der Waals surface area contributed by atoms with Gasteiger partial charge in [-0.2, -0.15) is 0 Å². The number of phenols is 1. The minimum absolute atomic E-state index is 0.0342. The van der Waals surface area contributed by atoms with Crippen LogP contribution in [0.4, 0.5) is 5.69 Å². The van der Waals surface area contributed by atoms with Crippen molar-refractivity contribution in [2.24, 2.45) is 11.7 Å². The molecule has 6 heteroatoms. The van der Waals surface area contributed by atoms with E-state index in [9.17, 15) is 14.7 Å². The lowest BCUT2D eigenvalue weighted by Gasteiger charge is -2.17. The van der Waals surface area contributed by atoms with Crippen LogP contribution in [0.2, 0.25) is 0 Å². The van der Waals surface area contributed by atoms with Crippen LogP contribution in [-0.4, -0.2) is 28.1 Å². The maximum Gasteiger partial charge on any atom is 0.339 e. The summed E-state index contributed by atoms with van der Waals surface area (Å²) >= 11 is 0. The highest BCUT2D eigenvalue weighted by Crippen LogP contribution is 2.22. The topological polar surface area (TPSA) is 113 Å². The quantitative estimate of drug-likeness (QED) is 0.643. The Kier molecular flexibility index (Phi) is 4.88. The molecule has 0 saturated carbocycles. The lowest BCUT2D eigenvalue weighted by molar-refractivity contribution is -0.118. The molecular weight excluding hydrogens is 248 g/mol. The van der Waals surface area contributed by atoms with Gasteiger partial charge in [-0.05, 0) is 18.1 Å². The Balaban J connectivity index is 2.81. The zero-order chi connectivity index (χ0) is 14.6. The van der Waals surface area contributed by atoms with Crippen LogP contribution in [0.1, 0.15) is 30.6 Å². The number of carboxylic acids is 1. The smallest absolute Gasteiger partial charge is 0.339 e. The second-order valence-corrected chi connectivity index (χ2v) is 4.44. The van der Waals surface area contributed by atoms with Gasteiger partial charge in [-0.3, -0.25) is 4.79 Å². The Morgan fingerprint density at radius 2 is 2.05 bits per heavy atom. The number of nitrogens with one attached hydrogen (secondary N) is 1. The number of nitrogens with two attached hydrogens (primary N) is 1. The third kappa shape index (κ3) is 3.69. The zero-order valence-electron chi connectivity index (χ0n) is 10.9. The number of benzene rings is 1. The maximum absolute atomic E-state index is 11.8. The third-order valence-electron chi connectivity index (χ3n) is 3.06. The van der Waals surface area contributed by atoms with Gasteiger partial charge in [0.25, 0.3) is 0 Å². The Labute approximate surface area is 111 Å². The third-order valence-corrected chi connectivity index (χ3v) is 3.06. The molecule has 5 N–H and O–H groups in total. The standard InChI is InChI=1S/C13H18N2O4/c1-3-7(2)11(14)12(17)15-8-4-5-9(13(18)19)10(16)6-8/h4-7,11,16H,3,14H2,1-2H3,(H,15,17)(H,18,19). The average molecular weight is 266 g/mol. The van der Waals surface area contributed by atoms with Crippen LogP contribution in [0.25, 0.3) is 0 Å². The fourth-order valence-electron chi connectivity index (χ4n) is 1.53. The second kappa shape index (κ2) is 6.19. The normalized spacial score (nSPS) is 13.6. The number of hydrogen-bond acceptors (Lipinski definition) is 4. The summed E-state index contributed by atoms with van der Waals surface area (Å²) in [5.74, 6) is -1.96. The van der Waals surface area contributed by atoms with E-state index in [4.69, 9.17) is 10.8 Å². The van der Waals surface area contributed by atoms with Crippen LogP contribution in [0.3, 0.4) is 0 Å². The van der Waals surface area contributed by atoms with Crippen LogP contribution in [0, 0.1) is 5.92 Å². The van der Waals surface area contributed by atoms with Crippen molar-refractivity contribution in [1.82, 2.24) is 0 Å². The molecule has 0 bridgehead atoms. The van der Waals surface area contributed by atoms with E-state index < -0.39 is 17.8 Å². The van der Waals surface area contributed by atoms with E-state index >= 15 is 0 Å². The van der Waals surface area contributed by atoms with Crippen molar-refractivity contribution < 1.29 is 19.8 Å². The van der Waals surface area contributed by atoms with Crippen molar-refractivity contribution in [3.05, 3.63) is 23.8 Å². The van der Waals surface area contributed by atoms with Crippen LogP contribution in [0.5, 0.6) is 5.75 Å². The Morgan fingerprint density at radius 1 is 1.42 bits per heavy atom. The van der Waals surface area contributed by atoms with E-state index in [1.165, 1.54) is 18.2 Å². The number of hydrogen-bond donors (Lipinski definition) is 4. The monoisotopic (exact) mass is 266 g/mol. The highest BCUT2D eigenvalue weighted by Gasteiger charge is 2.20. The molecule has 0 aliphatic heterocycles. The summed E-state index contributed by atoms with van der Waals surface area (Å²) in [6.07, 6.45) is 0.776. The Bertz CT molecular complexity index is 488. The van der Waals surface area contributed by atoms with Crippen molar-refractivity contribution in [2.45, 2.75) is 26.3 Å². The molecular formula is C13H18N2O4. The van der Waals surface area contributed by atoms with E-state index in [1.807, 2.05) is 13.8 Å². The average Bonchev–Trinajstić information content (AvgIpc) is 2.36. The Morgan fingerprint density at radius 3 is 2.53 bits per heavy atom. The van der Waals surface area contributed by atoms with Crippen LogP contribution < -0.4 is 11.1 Å². The first-order valence-corrected chi connectivity index (χ1v) is 5.99. The molecule has 1 rings (SSSR count). The molecule has 1 aromatic rings. The molecule has 0 aliphatic rings. The molecule has 1 aromatic carbocycles. The van der Waals surface area contributed by atoms with E-state index in [-0.39, 0.29) is 17.4 Å². The molecule has 6 nitrogen and oxygen atoms in total.